The Morgan fingerprint density at radius 2 is 1.87 bits per heavy atom. The number of carbonyl (C=O) groups excluding carboxylic acids is 1. The van der Waals surface area contributed by atoms with Crippen LogP contribution in [0.3, 0.4) is 0 Å². The van der Waals surface area contributed by atoms with Gasteiger partial charge in [-0.05, 0) is 33.4 Å². The number of nitrogens with one attached hydrogen (secondary N) is 2. The summed E-state index contributed by atoms with van der Waals surface area (Å²) in [5.74, 6) is 1.12. The highest BCUT2D eigenvalue weighted by Gasteiger charge is 2.15. The number of hydrogen-bond donors (Lipinski definition) is 2. The minimum Gasteiger partial charge on any atom is -0.352 e. The molecule has 3 atom stereocenters. The van der Waals surface area contributed by atoms with Crippen molar-refractivity contribution in [3.05, 3.63) is 0 Å². The molecule has 3 unspecified atom stereocenters. The second-order valence-corrected chi connectivity index (χ2v) is 4.97. The van der Waals surface area contributed by atoms with Gasteiger partial charge in [-0.1, -0.05) is 6.92 Å². The molecule has 0 aromatic heterocycles. The van der Waals surface area contributed by atoms with Crippen molar-refractivity contribution in [2.75, 3.05) is 12.0 Å². The summed E-state index contributed by atoms with van der Waals surface area (Å²) in [7, 11) is 0. The predicted molar refractivity (Wildman–Crippen MR) is 68.3 cm³/mol. The van der Waals surface area contributed by atoms with Crippen LogP contribution >= 0.6 is 11.8 Å². The number of carbonyl (C=O) groups is 1. The van der Waals surface area contributed by atoms with E-state index in [0.29, 0.717) is 6.04 Å². The van der Waals surface area contributed by atoms with E-state index in [1.54, 1.807) is 11.8 Å². The van der Waals surface area contributed by atoms with E-state index in [4.69, 9.17) is 0 Å². The predicted octanol–water partition coefficient (Wildman–Crippen LogP) is 1.63. The van der Waals surface area contributed by atoms with Gasteiger partial charge in [-0.2, -0.15) is 11.8 Å². The third-order valence-electron chi connectivity index (χ3n) is 2.35. The molecule has 0 spiro atoms. The molecule has 4 heteroatoms. The highest BCUT2D eigenvalue weighted by atomic mass is 32.2. The molecule has 3 nitrogen and oxygen atoms in total. The Morgan fingerprint density at radius 1 is 1.27 bits per heavy atom. The molecule has 0 radical (unpaired) electrons. The maximum absolute atomic E-state index is 11.7. The van der Waals surface area contributed by atoms with Gasteiger partial charge in [-0.25, -0.2) is 0 Å². The average Bonchev–Trinajstić information content (AvgIpc) is 2.17. The van der Waals surface area contributed by atoms with Gasteiger partial charge >= 0.3 is 0 Å². The van der Waals surface area contributed by atoms with Gasteiger partial charge in [0, 0.05) is 17.8 Å². The lowest BCUT2D eigenvalue weighted by Crippen LogP contribution is -2.48. The summed E-state index contributed by atoms with van der Waals surface area (Å²) >= 11 is 1.79. The van der Waals surface area contributed by atoms with Gasteiger partial charge in [0.2, 0.25) is 5.91 Å². The first-order chi connectivity index (χ1) is 7.01. The van der Waals surface area contributed by atoms with Crippen molar-refractivity contribution in [2.24, 2.45) is 0 Å². The monoisotopic (exact) mass is 232 g/mol. The van der Waals surface area contributed by atoms with Gasteiger partial charge in [-0.15, -0.1) is 0 Å². The zero-order valence-electron chi connectivity index (χ0n) is 10.5. The Kier molecular flexibility index (Phi) is 7.88. The van der Waals surface area contributed by atoms with Crippen molar-refractivity contribution in [1.29, 1.82) is 0 Å². The quantitative estimate of drug-likeness (QED) is 0.701. The van der Waals surface area contributed by atoms with E-state index in [9.17, 15) is 4.79 Å². The number of amides is 1. The van der Waals surface area contributed by atoms with Crippen LogP contribution in [0.1, 0.15) is 34.1 Å². The summed E-state index contributed by atoms with van der Waals surface area (Å²) in [6.45, 7) is 8.10. The largest absolute Gasteiger partial charge is 0.352 e. The Morgan fingerprint density at radius 3 is 2.33 bits per heavy atom. The molecule has 90 valence electrons. The van der Waals surface area contributed by atoms with E-state index in [0.717, 1.165) is 12.2 Å². The first kappa shape index (κ1) is 14.8. The van der Waals surface area contributed by atoms with Crippen LogP contribution in [0, 0.1) is 0 Å². The van der Waals surface area contributed by atoms with Crippen LogP contribution in [0.25, 0.3) is 0 Å². The normalized spacial score (nSPS) is 16.9. The molecule has 0 heterocycles. The SMILES string of the molecule is CCC(C)NC(=O)C(C)NC(C)CSC. The topological polar surface area (TPSA) is 41.1 Å². The molecular formula is C11H24N2OS. The molecule has 0 aromatic rings. The maximum Gasteiger partial charge on any atom is 0.237 e. The highest BCUT2D eigenvalue weighted by molar-refractivity contribution is 7.98. The van der Waals surface area contributed by atoms with Crippen LogP contribution < -0.4 is 10.6 Å². The van der Waals surface area contributed by atoms with Crippen molar-refractivity contribution in [1.82, 2.24) is 10.6 Å². The highest BCUT2D eigenvalue weighted by Crippen LogP contribution is 1.98. The number of thioether (sulfide) groups is 1. The minimum atomic E-state index is -0.110. The Hall–Kier alpha value is -0.220. The number of hydrogen-bond acceptors (Lipinski definition) is 3. The molecule has 2 N–H and O–H groups in total. The lowest BCUT2D eigenvalue weighted by Gasteiger charge is -2.20. The van der Waals surface area contributed by atoms with Crippen LogP contribution in [-0.4, -0.2) is 36.0 Å². The smallest absolute Gasteiger partial charge is 0.237 e. The Labute approximate surface area is 97.8 Å². The third-order valence-corrected chi connectivity index (χ3v) is 3.18. The molecule has 15 heavy (non-hydrogen) atoms. The fourth-order valence-electron chi connectivity index (χ4n) is 1.27. The molecule has 0 aliphatic heterocycles. The fourth-order valence-corrected chi connectivity index (χ4v) is 1.87. The second kappa shape index (κ2) is 7.99. The van der Waals surface area contributed by atoms with E-state index in [1.165, 1.54) is 0 Å². The van der Waals surface area contributed by atoms with Crippen LogP contribution in [-0.2, 0) is 4.79 Å². The lowest BCUT2D eigenvalue weighted by molar-refractivity contribution is -0.123. The molecule has 0 aliphatic carbocycles. The van der Waals surface area contributed by atoms with Crippen LogP contribution in [0.2, 0.25) is 0 Å². The zero-order chi connectivity index (χ0) is 11.8. The van der Waals surface area contributed by atoms with Gasteiger partial charge < -0.3 is 10.6 Å². The molecule has 0 bridgehead atoms. The van der Waals surface area contributed by atoms with Crippen molar-refractivity contribution in [3.63, 3.8) is 0 Å². The van der Waals surface area contributed by atoms with E-state index in [1.807, 2.05) is 13.8 Å². The molecule has 0 rings (SSSR count). The molecular weight excluding hydrogens is 208 g/mol. The Balaban J connectivity index is 3.87. The van der Waals surface area contributed by atoms with Gasteiger partial charge in [0.25, 0.3) is 0 Å². The maximum atomic E-state index is 11.7. The van der Waals surface area contributed by atoms with E-state index in [2.05, 4.69) is 30.7 Å². The van der Waals surface area contributed by atoms with E-state index in [-0.39, 0.29) is 18.0 Å². The second-order valence-electron chi connectivity index (χ2n) is 4.06. The summed E-state index contributed by atoms with van der Waals surface area (Å²) in [6, 6.07) is 0.524. The van der Waals surface area contributed by atoms with Gasteiger partial charge in [0.1, 0.15) is 0 Å². The first-order valence-corrected chi connectivity index (χ1v) is 6.96. The average molecular weight is 232 g/mol. The first-order valence-electron chi connectivity index (χ1n) is 5.56. The van der Waals surface area contributed by atoms with Gasteiger partial charge in [0.15, 0.2) is 0 Å². The van der Waals surface area contributed by atoms with Crippen LogP contribution in [0.4, 0.5) is 0 Å². The van der Waals surface area contributed by atoms with Crippen molar-refractivity contribution >= 4 is 17.7 Å². The molecule has 0 saturated carbocycles. The lowest BCUT2D eigenvalue weighted by atomic mass is 10.2. The summed E-state index contributed by atoms with van der Waals surface area (Å²) in [5, 5.41) is 6.25. The summed E-state index contributed by atoms with van der Waals surface area (Å²) in [5.41, 5.74) is 0. The van der Waals surface area contributed by atoms with E-state index >= 15 is 0 Å². The standard InChI is InChI=1S/C11H24N2OS/c1-6-8(2)13-11(14)10(4)12-9(3)7-15-5/h8-10,12H,6-7H2,1-5H3,(H,13,14). The minimum absolute atomic E-state index is 0.0947. The Bertz CT molecular complexity index is 187. The summed E-state index contributed by atoms with van der Waals surface area (Å²) in [4.78, 5) is 11.7. The fraction of sp³-hybridized carbons (Fsp3) is 0.909. The van der Waals surface area contributed by atoms with Crippen molar-refractivity contribution in [2.45, 2.75) is 52.2 Å². The molecule has 0 saturated heterocycles. The van der Waals surface area contributed by atoms with Crippen molar-refractivity contribution < 1.29 is 4.79 Å². The molecule has 0 aliphatic rings. The van der Waals surface area contributed by atoms with Gasteiger partial charge in [0.05, 0.1) is 6.04 Å². The molecule has 0 fully saturated rings. The van der Waals surface area contributed by atoms with Gasteiger partial charge in [-0.3, -0.25) is 4.79 Å². The molecule has 0 aromatic carbocycles. The van der Waals surface area contributed by atoms with Crippen LogP contribution in [0.5, 0.6) is 0 Å². The summed E-state index contributed by atoms with van der Waals surface area (Å²) in [6.07, 6.45) is 3.04. The van der Waals surface area contributed by atoms with Crippen LogP contribution in [0.15, 0.2) is 0 Å². The molecule has 1 amide bonds. The zero-order valence-corrected chi connectivity index (χ0v) is 11.3. The van der Waals surface area contributed by atoms with Crippen molar-refractivity contribution in [3.8, 4) is 0 Å². The van der Waals surface area contributed by atoms with E-state index < -0.39 is 0 Å². The number of rotatable bonds is 7. The summed E-state index contributed by atoms with van der Waals surface area (Å²) < 4.78 is 0. The third kappa shape index (κ3) is 6.79.